The van der Waals surface area contributed by atoms with Crippen molar-refractivity contribution in [2.75, 3.05) is 19.8 Å². The van der Waals surface area contributed by atoms with Gasteiger partial charge in [0.1, 0.15) is 6.61 Å². The van der Waals surface area contributed by atoms with Crippen LogP contribution in [0, 0.1) is 5.92 Å². The van der Waals surface area contributed by atoms with E-state index in [1.165, 1.54) is 0 Å². The third-order valence-electron chi connectivity index (χ3n) is 3.59. The van der Waals surface area contributed by atoms with Crippen LogP contribution in [-0.2, 0) is 9.53 Å². The van der Waals surface area contributed by atoms with Gasteiger partial charge in [-0.05, 0) is 19.3 Å². The molecule has 1 N–H and O–H groups in total. The average molecular weight is 278 g/mol. The van der Waals surface area contributed by atoms with Gasteiger partial charge in [0.25, 0.3) is 6.43 Å². The predicted octanol–water partition coefficient (Wildman–Crippen LogP) is 1.85. The van der Waals surface area contributed by atoms with Gasteiger partial charge in [-0.3, -0.25) is 10.1 Å². The van der Waals surface area contributed by atoms with Gasteiger partial charge in [-0.25, -0.2) is 8.78 Å². The summed E-state index contributed by atoms with van der Waals surface area (Å²) in [5.74, 6) is 0.279. The number of rotatable bonds is 7. The lowest BCUT2D eigenvalue weighted by molar-refractivity contribution is -0.134. The molecule has 0 aromatic rings. The Bertz CT molecular complexity index is 313. The molecule has 0 aromatic heterocycles. The predicted molar refractivity (Wildman–Crippen MR) is 69.0 cm³/mol. The molecular formula is C13H24F2N2O2. The number of carbonyl (C=O) groups is 1. The molecule has 2 atom stereocenters. The normalized spacial score (nSPS) is 27.9. The lowest BCUT2D eigenvalue weighted by Crippen LogP contribution is -2.45. The van der Waals surface area contributed by atoms with Crippen molar-refractivity contribution in [3.8, 4) is 0 Å². The van der Waals surface area contributed by atoms with Crippen LogP contribution in [0.5, 0.6) is 0 Å². The maximum Gasteiger partial charge on any atom is 0.261 e. The molecule has 1 rings (SSSR count). The number of alkyl halides is 2. The SMILES string of the molecule is CCC1(C)NC(C(C)C)N(CCOCC(F)F)C1=O. The minimum absolute atomic E-state index is 0.0225. The summed E-state index contributed by atoms with van der Waals surface area (Å²) in [7, 11) is 0. The molecular weight excluding hydrogens is 254 g/mol. The largest absolute Gasteiger partial charge is 0.374 e. The van der Waals surface area contributed by atoms with Gasteiger partial charge < -0.3 is 9.64 Å². The van der Waals surface area contributed by atoms with E-state index in [4.69, 9.17) is 4.74 Å². The van der Waals surface area contributed by atoms with Crippen LogP contribution in [0.3, 0.4) is 0 Å². The first kappa shape index (κ1) is 16.3. The van der Waals surface area contributed by atoms with Crippen LogP contribution in [0.2, 0.25) is 0 Å². The molecule has 1 aliphatic rings. The second kappa shape index (κ2) is 6.61. The fourth-order valence-corrected chi connectivity index (χ4v) is 2.27. The van der Waals surface area contributed by atoms with Crippen molar-refractivity contribution in [2.45, 2.75) is 52.2 Å². The zero-order chi connectivity index (χ0) is 14.6. The number of nitrogens with one attached hydrogen (secondary N) is 1. The lowest BCUT2D eigenvalue weighted by Gasteiger charge is -2.27. The molecule has 19 heavy (non-hydrogen) atoms. The van der Waals surface area contributed by atoms with Crippen LogP contribution in [0.4, 0.5) is 8.78 Å². The van der Waals surface area contributed by atoms with Crippen molar-refractivity contribution >= 4 is 5.91 Å². The average Bonchev–Trinajstić information content (AvgIpc) is 2.59. The molecule has 0 bridgehead atoms. The van der Waals surface area contributed by atoms with Crippen LogP contribution in [0.25, 0.3) is 0 Å². The first-order valence-corrected chi connectivity index (χ1v) is 6.76. The topological polar surface area (TPSA) is 41.6 Å². The summed E-state index contributed by atoms with van der Waals surface area (Å²) < 4.78 is 28.8. The zero-order valence-electron chi connectivity index (χ0n) is 12.1. The first-order valence-electron chi connectivity index (χ1n) is 6.76. The smallest absolute Gasteiger partial charge is 0.261 e. The maximum atomic E-state index is 12.4. The van der Waals surface area contributed by atoms with Gasteiger partial charge in [0.05, 0.1) is 18.3 Å². The lowest BCUT2D eigenvalue weighted by atomic mass is 9.99. The van der Waals surface area contributed by atoms with E-state index in [-0.39, 0.29) is 24.6 Å². The van der Waals surface area contributed by atoms with Gasteiger partial charge in [-0.15, -0.1) is 0 Å². The van der Waals surface area contributed by atoms with E-state index in [0.29, 0.717) is 13.0 Å². The molecule has 0 aliphatic carbocycles. The summed E-state index contributed by atoms with van der Waals surface area (Å²) in [5, 5.41) is 3.34. The number of carbonyl (C=O) groups excluding carboxylic acids is 1. The van der Waals surface area contributed by atoms with E-state index in [2.05, 4.69) is 5.32 Å². The second-order valence-electron chi connectivity index (χ2n) is 5.48. The summed E-state index contributed by atoms with van der Waals surface area (Å²) in [4.78, 5) is 14.1. The molecule has 0 spiro atoms. The Morgan fingerprint density at radius 3 is 2.58 bits per heavy atom. The van der Waals surface area contributed by atoms with Crippen LogP contribution in [-0.4, -0.2) is 48.7 Å². The molecule has 2 unspecified atom stereocenters. The maximum absolute atomic E-state index is 12.4. The van der Waals surface area contributed by atoms with E-state index in [1.807, 2.05) is 27.7 Å². The Kier molecular flexibility index (Phi) is 5.67. The van der Waals surface area contributed by atoms with Crippen molar-refractivity contribution in [1.82, 2.24) is 10.2 Å². The van der Waals surface area contributed by atoms with Crippen molar-refractivity contribution in [3.05, 3.63) is 0 Å². The zero-order valence-corrected chi connectivity index (χ0v) is 12.1. The van der Waals surface area contributed by atoms with Crippen LogP contribution < -0.4 is 5.32 Å². The number of hydrogen-bond donors (Lipinski definition) is 1. The van der Waals surface area contributed by atoms with Gasteiger partial charge in [0.2, 0.25) is 5.91 Å². The molecule has 4 nitrogen and oxygen atoms in total. The summed E-state index contributed by atoms with van der Waals surface area (Å²) >= 11 is 0. The van der Waals surface area contributed by atoms with Crippen LogP contribution in [0.1, 0.15) is 34.1 Å². The molecule has 1 heterocycles. The number of halogens is 2. The van der Waals surface area contributed by atoms with Crippen molar-refractivity contribution in [3.63, 3.8) is 0 Å². The third-order valence-corrected chi connectivity index (χ3v) is 3.59. The standard InChI is InChI=1S/C13H24F2N2O2/c1-5-13(4)12(18)17(11(16-13)9(2)3)6-7-19-8-10(14)15/h9-11,16H,5-8H2,1-4H3. The number of nitrogens with zero attached hydrogens (tertiary/aromatic N) is 1. The van der Waals surface area contributed by atoms with Gasteiger partial charge >= 0.3 is 0 Å². The summed E-state index contributed by atoms with van der Waals surface area (Å²) in [6.07, 6.45) is -1.83. The van der Waals surface area contributed by atoms with Gasteiger partial charge in [0.15, 0.2) is 0 Å². The number of amides is 1. The molecule has 1 fully saturated rings. The minimum Gasteiger partial charge on any atom is -0.374 e. The van der Waals surface area contributed by atoms with Gasteiger partial charge in [-0.2, -0.15) is 0 Å². The first-order chi connectivity index (χ1) is 8.81. The monoisotopic (exact) mass is 278 g/mol. The van der Waals surface area contributed by atoms with E-state index >= 15 is 0 Å². The Labute approximate surface area is 113 Å². The molecule has 0 radical (unpaired) electrons. The van der Waals surface area contributed by atoms with E-state index < -0.39 is 18.6 Å². The molecule has 6 heteroatoms. The van der Waals surface area contributed by atoms with Crippen LogP contribution in [0.15, 0.2) is 0 Å². The van der Waals surface area contributed by atoms with Crippen molar-refractivity contribution in [1.29, 1.82) is 0 Å². The Hall–Kier alpha value is -0.750. The van der Waals surface area contributed by atoms with Gasteiger partial charge in [0, 0.05) is 6.54 Å². The Morgan fingerprint density at radius 2 is 2.11 bits per heavy atom. The van der Waals surface area contributed by atoms with E-state index in [0.717, 1.165) is 0 Å². The summed E-state index contributed by atoms with van der Waals surface area (Å²) in [6.45, 7) is 7.80. The summed E-state index contributed by atoms with van der Waals surface area (Å²) in [6, 6.07) is 0. The van der Waals surface area contributed by atoms with E-state index in [9.17, 15) is 13.6 Å². The fourth-order valence-electron chi connectivity index (χ4n) is 2.27. The fraction of sp³-hybridized carbons (Fsp3) is 0.923. The highest BCUT2D eigenvalue weighted by molar-refractivity contribution is 5.88. The highest BCUT2D eigenvalue weighted by atomic mass is 19.3. The molecule has 0 saturated carbocycles. The van der Waals surface area contributed by atoms with Gasteiger partial charge in [-0.1, -0.05) is 20.8 Å². The second-order valence-corrected chi connectivity index (χ2v) is 5.48. The Balaban J connectivity index is 2.60. The highest BCUT2D eigenvalue weighted by Gasteiger charge is 2.47. The molecule has 1 aliphatic heterocycles. The molecule has 0 aromatic carbocycles. The van der Waals surface area contributed by atoms with Crippen LogP contribution >= 0.6 is 0 Å². The quantitative estimate of drug-likeness (QED) is 0.723. The van der Waals surface area contributed by atoms with E-state index in [1.54, 1.807) is 4.90 Å². The van der Waals surface area contributed by atoms with Crippen molar-refractivity contribution < 1.29 is 18.3 Å². The highest BCUT2D eigenvalue weighted by Crippen LogP contribution is 2.26. The molecule has 112 valence electrons. The summed E-state index contributed by atoms with van der Waals surface area (Å²) in [5.41, 5.74) is -0.558. The molecule has 1 saturated heterocycles. The Morgan fingerprint density at radius 1 is 1.47 bits per heavy atom. The number of hydrogen-bond acceptors (Lipinski definition) is 3. The number of ether oxygens (including phenoxy) is 1. The molecule has 1 amide bonds. The van der Waals surface area contributed by atoms with Crippen molar-refractivity contribution in [2.24, 2.45) is 5.92 Å². The minimum atomic E-state index is -2.46. The third kappa shape index (κ3) is 3.86.